The van der Waals surface area contributed by atoms with Crippen molar-refractivity contribution in [3.8, 4) is 0 Å². The van der Waals surface area contributed by atoms with Crippen molar-refractivity contribution >= 4 is 21.6 Å². The second kappa shape index (κ2) is 6.25. The average Bonchev–Trinajstić information content (AvgIpc) is 3.18. The Morgan fingerprint density at radius 3 is 2.21 bits per heavy atom. The fourth-order valence-electron chi connectivity index (χ4n) is 2.64. The van der Waals surface area contributed by atoms with Crippen LogP contribution in [-0.2, 0) is 25.8 Å². The largest absolute Gasteiger partial charge is 0.480 e. The number of ketones is 1. The van der Waals surface area contributed by atoms with Crippen molar-refractivity contribution < 1.29 is 28.2 Å². The van der Waals surface area contributed by atoms with E-state index in [1.807, 2.05) is 0 Å². The summed E-state index contributed by atoms with van der Waals surface area (Å²) in [5, 5.41) is 19.2. The fourth-order valence-corrected chi connectivity index (χ4v) is 3.27. The average molecular weight is 356 g/mol. The molecule has 0 aromatic heterocycles. The number of hydrogen-bond acceptors (Lipinski definition) is 7. The summed E-state index contributed by atoms with van der Waals surface area (Å²) in [7, 11) is -3.32. The van der Waals surface area contributed by atoms with Gasteiger partial charge in [0, 0.05) is 18.3 Å². The molecule has 2 unspecified atom stereocenters. The summed E-state index contributed by atoms with van der Waals surface area (Å²) in [6, 6.07) is 4.03. The molecule has 9 heteroatoms. The van der Waals surface area contributed by atoms with Crippen LogP contribution in [0.25, 0.3) is 0 Å². The first kappa shape index (κ1) is 18.5. The van der Waals surface area contributed by atoms with Gasteiger partial charge in [-0.2, -0.15) is 0 Å². The summed E-state index contributed by atoms with van der Waals surface area (Å²) < 4.78 is 22.8. The van der Waals surface area contributed by atoms with E-state index in [1.165, 1.54) is 24.3 Å². The van der Waals surface area contributed by atoms with Gasteiger partial charge in [0.15, 0.2) is 15.6 Å². The lowest BCUT2D eigenvalue weighted by atomic mass is 9.90. The van der Waals surface area contributed by atoms with Crippen LogP contribution >= 0.6 is 0 Å². The van der Waals surface area contributed by atoms with Gasteiger partial charge in [0.05, 0.1) is 4.90 Å². The predicted octanol–water partition coefficient (Wildman–Crippen LogP) is -1.31. The van der Waals surface area contributed by atoms with Crippen molar-refractivity contribution in [2.45, 2.75) is 35.9 Å². The molecule has 132 valence electrons. The molecule has 1 aromatic rings. The summed E-state index contributed by atoms with van der Waals surface area (Å²) in [6.45, 7) is 0. The molecule has 1 aromatic carbocycles. The Morgan fingerprint density at radius 2 is 1.83 bits per heavy atom. The molecule has 0 bridgehead atoms. The highest BCUT2D eigenvalue weighted by Crippen LogP contribution is 2.46. The van der Waals surface area contributed by atoms with E-state index in [0.717, 1.165) is 6.26 Å². The molecule has 2 rings (SSSR count). The predicted molar refractivity (Wildman–Crippen MR) is 84.9 cm³/mol. The molecule has 1 fully saturated rings. The Bertz CT molecular complexity index is 761. The van der Waals surface area contributed by atoms with E-state index < -0.39 is 45.2 Å². The van der Waals surface area contributed by atoms with Crippen molar-refractivity contribution in [1.29, 1.82) is 0 Å². The molecule has 0 heterocycles. The highest BCUT2D eigenvalue weighted by molar-refractivity contribution is 7.90. The Kier molecular flexibility index (Phi) is 4.82. The van der Waals surface area contributed by atoms with E-state index in [-0.39, 0.29) is 17.7 Å². The van der Waals surface area contributed by atoms with Crippen LogP contribution in [0.4, 0.5) is 0 Å². The number of benzene rings is 1. The zero-order valence-electron chi connectivity index (χ0n) is 13.0. The molecule has 1 aliphatic carbocycles. The highest BCUT2D eigenvalue weighted by Gasteiger charge is 2.65. The zero-order chi connectivity index (χ0) is 18.3. The van der Waals surface area contributed by atoms with Gasteiger partial charge in [0.1, 0.15) is 11.5 Å². The molecule has 8 nitrogen and oxygen atoms in total. The number of carboxylic acids is 1. The number of nitrogens with two attached hydrogens (primary N) is 2. The van der Waals surface area contributed by atoms with E-state index >= 15 is 0 Å². The molecule has 0 radical (unpaired) electrons. The topological polar surface area (TPSA) is 161 Å². The van der Waals surface area contributed by atoms with Crippen LogP contribution in [0.3, 0.4) is 0 Å². The Morgan fingerprint density at radius 1 is 1.33 bits per heavy atom. The first-order chi connectivity index (χ1) is 11.0. The quantitative estimate of drug-likeness (QED) is 0.438. The smallest absolute Gasteiger partial charge is 0.318 e. The normalized spacial score (nSPS) is 25.8. The van der Waals surface area contributed by atoms with E-state index in [0.29, 0.717) is 5.56 Å². The van der Waals surface area contributed by atoms with Crippen LogP contribution in [0.15, 0.2) is 29.2 Å². The molecule has 4 atom stereocenters. The first-order valence-corrected chi connectivity index (χ1v) is 9.15. The van der Waals surface area contributed by atoms with Gasteiger partial charge in [-0.05, 0) is 30.5 Å². The van der Waals surface area contributed by atoms with Gasteiger partial charge in [-0.15, -0.1) is 0 Å². The van der Waals surface area contributed by atoms with Crippen molar-refractivity contribution in [3.05, 3.63) is 29.8 Å². The fraction of sp³-hybridized carbons (Fsp3) is 0.467. The molecule has 0 amide bonds. The Balaban J connectivity index is 2.08. The second-order valence-electron chi connectivity index (χ2n) is 6.18. The van der Waals surface area contributed by atoms with Crippen LogP contribution in [0, 0.1) is 5.41 Å². The van der Waals surface area contributed by atoms with Gasteiger partial charge in [-0.1, -0.05) is 12.1 Å². The molecular weight excluding hydrogens is 336 g/mol. The number of carbonyl (C=O) groups excluding carboxylic acids is 1. The molecule has 1 aliphatic rings. The summed E-state index contributed by atoms with van der Waals surface area (Å²) in [5.74, 6) is -2.24. The molecule has 24 heavy (non-hydrogen) atoms. The first-order valence-electron chi connectivity index (χ1n) is 7.26. The van der Waals surface area contributed by atoms with E-state index in [2.05, 4.69) is 0 Å². The molecule has 6 N–H and O–H groups in total. The lowest BCUT2D eigenvalue weighted by Gasteiger charge is -2.21. The van der Waals surface area contributed by atoms with Gasteiger partial charge in [0.25, 0.3) is 0 Å². The lowest BCUT2D eigenvalue weighted by Crippen LogP contribution is -2.48. The summed E-state index contributed by atoms with van der Waals surface area (Å²) in [5.41, 5.74) is 10.2. The number of aliphatic hydroxyl groups excluding tert-OH is 1. The van der Waals surface area contributed by atoms with E-state index in [9.17, 15) is 23.1 Å². The number of Topliss-reactive ketones (excluding diaryl/α,β-unsaturated/α-hetero) is 1. The minimum Gasteiger partial charge on any atom is -0.480 e. The lowest BCUT2D eigenvalue weighted by molar-refractivity contribution is -0.152. The highest BCUT2D eigenvalue weighted by atomic mass is 32.2. The van der Waals surface area contributed by atoms with Gasteiger partial charge in [-0.25, -0.2) is 8.42 Å². The van der Waals surface area contributed by atoms with Crippen LogP contribution in [0.1, 0.15) is 12.0 Å². The second-order valence-corrected chi connectivity index (χ2v) is 8.20. The standard InChI is InChI=1S/C15H20N2O6S/c1-24(22,23)9-4-2-8(3-5-9)6-10(16)12(18)13(19)15(14(20)21)7-11(15)17/h2-5,10-12,18H,6-7,16-17H2,1H3,(H,20,21)/t10-,11?,12+,15?/m1/s1. The van der Waals surface area contributed by atoms with E-state index in [1.54, 1.807) is 0 Å². The Hall–Kier alpha value is -1.81. The van der Waals surface area contributed by atoms with Crippen molar-refractivity contribution in [2.24, 2.45) is 16.9 Å². The molecule has 0 saturated heterocycles. The maximum atomic E-state index is 12.2. The Labute approximate surface area is 139 Å². The molecule has 1 saturated carbocycles. The monoisotopic (exact) mass is 356 g/mol. The van der Waals surface area contributed by atoms with Crippen molar-refractivity contribution in [1.82, 2.24) is 0 Å². The summed E-state index contributed by atoms with van der Waals surface area (Å²) >= 11 is 0. The molecule has 0 aliphatic heterocycles. The number of rotatable bonds is 7. The number of carbonyl (C=O) groups is 2. The van der Waals surface area contributed by atoms with E-state index in [4.69, 9.17) is 16.6 Å². The summed E-state index contributed by atoms with van der Waals surface area (Å²) in [4.78, 5) is 23.6. The van der Waals surface area contributed by atoms with Crippen LogP contribution < -0.4 is 11.5 Å². The van der Waals surface area contributed by atoms with Crippen LogP contribution in [-0.4, -0.2) is 54.8 Å². The third-order valence-corrected chi connectivity index (χ3v) is 5.46. The summed E-state index contributed by atoms with van der Waals surface area (Å²) in [6.07, 6.45) is -0.514. The SMILES string of the molecule is CS(=O)(=O)c1ccc(C[C@@H](N)[C@H](O)C(=O)C2(C(=O)O)CC2N)cc1. The van der Waals surface area contributed by atoms with Gasteiger partial charge >= 0.3 is 5.97 Å². The number of sulfone groups is 1. The van der Waals surface area contributed by atoms with Gasteiger partial charge in [-0.3, -0.25) is 9.59 Å². The number of hydrogen-bond donors (Lipinski definition) is 4. The third-order valence-electron chi connectivity index (χ3n) is 4.33. The number of aliphatic hydroxyl groups is 1. The van der Waals surface area contributed by atoms with Crippen molar-refractivity contribution in [3.63, 3.8) is 0 Å². The van der Waals surface area contributed by atoms with Crippen LogP contribution in [0.2, 0.25) is 0 Å². The maximum absolute atomic E-state index is 12.2. The van der Waals surface area contributed by atoms with Gasteiger partial charge < -0.3 is 21.7 Å². The molecular formula is C15H20N2O6S. The number of carboxylic acid groups (broad SMARTS) is 1. The number of aliphatic carboxylic acids is 1. The minimum atomic E-state index is -3.32. The van der Waals surface area contributed by atoms with Crippen LogP contribution in [0.5, 0.6) is 0 Å². The van der Waals surface area contributed by atoms with Gasteiger partial charge in [0.2, 0.25) is 0 Å². The third kappa shape index (κ3) is 3.34. The van der Waals surface area contributed by atoms with Crippen molar-refractivity contribution in [2.75, 3.05) is 6.26 Å². The minimum absolute atomic E-state index is 0.0198. The zero-order valence-corrected chi connectivity index (χ0v) is 13.9. The molecule has 0 spiro atoms. The maximum Gasteiger partial charge on any atom is 0.318 e.